The van der Waals surface area contributed by atoms with Crippen LogP contribution in [0.2, 0.25) is 0 Å². The first-order valence-electron chi connectivity index (χ1n) is 9.34. The molecule has 1 aromatic heterocycles. The molecule has 0 unspecified atom stereocenters. The van der Waals surface area contributed by atoms with Gasteiger partial charge in [0.15, 0.2) is 0 Å². The summed E-state index contributed by atoms with van der Waals surface area (Å²) < 4.78 is 0. The first-order valence-corrected chi connectivity index (χ1v) is 9.34. The molecule has 0 bridgehead atoms. The number of carbonyl (C=O) groups excluding carboxylic acids is 4. The number of hydrogen-bond acceptors (Lipinski definition) is 6. The van der Waals surface area contributed by atoms with Crippen LogP contribution in [0, 0.1) is 0 Å². The van der Waals surface area contributed by atoms with Gasteiger partial charge in [-0.05, 0) is 17.7 Å². The maximum absolute atomic E-state index is 12.9. The van der Waals surface area contributed by atoms with Gasteiger partial charge in [0.25, 0.3) is 11.8 Å². The summed E-state index contributed by atoms with van der Waals surface area (Å²) in [6.45, 7) is -0.0142. The summed E-state index contributed by atoms with van der Waals surface area (Å²) in [5.74, 6) is -1.68. The number of urea groups is 1. The van der Waals surface area contributed by atoms with E-state index in [1.807, 2.05) is 30.3 Å². The van der Waals surface area contributed by atoms with E-state index in [-0.39, 0.29) is 12.1 Å². The van der Waals surface area contributed by atoms with Gasteiger partial charge in [0, 0.05) is 17.8 Å². The molecule has 1 saturated heterocycles. The van der Waals surface area contributed by atoms with Crippen LogP contribution in [-0.2, 0) is 20.9 Å². The van der Waals surface area contributed by atoms with Crippen molar-refractivity contribution in [2.75, 3.05) is 5.43 Å². The summed E-state index contributed by atoms with van der Waals surface area (Å²) in [4.78, 5) is 54.2. The van der Waals surface area contributed by atoms with Crippen LogP contribution in [0.4, 0.5) is 10.5 Å². The molecule has 4 rings (SSSR count). The van der Waals surface area contributed by atoms with Gasteiger partial charge in [-0.1, -0.05) is 48.5 Å². The van der Waals surface area contributed by atoms with Crippen molar-refractivity contribution in [1.82, 2.24) is 20.2 Å². The van der Waals surface area contributed by atoms with Crippen LogP contribution in [0.3, 0.4) is 0 Å². The Kier molecular flexibility index (Phi) is 5.39. The van der Waals surface area contributed by atoms with Crippen LogP contribution in [-0.4, -0.2) is 39.1 Å². The van der Waals surface area contributed by atoms with Crippen molar-refractivity contribution in [3.05, 3.63) is 84.2 Å². The smallest absolute Gasteiger partial charge is 0.291 e. The number of barbiturate groups is 1. The number of hydrazine groups is 1. The highest BCUT2D eigenvalue weighted by Gasteiger charge is 2.36. The summed E-state index contributed by atoms with van der Waals surface area (Å²) in [6, 6.07) is 17.0. The Morgan fingerprint density at radius 3 is 2.52 bits per heavy atom. The third kappa shape index (κ3) is 4.10. The Bertz CT molecular complexity index is 1200. The van der Waals surface area contributed by atoms with Crippen LogP contribution in [0.5, 0.6) is 0 Å². The van der Waals surface area contributed by atoms with Gasteiger partial charge < -0.3 is 0 Å². The van der Waals surface area contributed by atoms with Gasteiger partial charge in [-0.3, -0.25) is 35.0 Å². The van der Waals surface area contributed by atoms with E-state index in [9.17, 15) is 19.2 Å². The third-order valence-electron chi connectivity index (χ3n) is 4.65. The van der Waals surface area contributed by atoms with E-state index in [4.69, 9.17) is 0 Å². The maximum Gasteiger partial charge on any atom is 0.331 e. The number of fused-ring (bicyclic) bond motifs is 1. The highest BCUT2D eigenvalue weighted by Crippen LogP contribution is 2.22. The van der Waals surface area contributed by atoms with E-state index in [1.54, 1.807) is 36.5 Å². The number of amides is 5. The number of nitrogens with one attached hydrogen (secondary N) is 2. The molecule has 3 aromatic rings. The van der Waals surface area contributed by atoms with Gasteiger partial charge in [0.2, 0.25) is 6.41 Å². The van der Waals surface area contributed by atoms with Gasteiger partial charge >= 0.3 is 6.03 Å². The van der Waals surface area contributed by atoms with Crippen LogP contribution in [0.25, 0.3) is 10.9 Å². The quantitative estimate of drug-likeness (QED) is 0.276. The number of rotatable bonds is 6. The number of hydrogen-bond donors (Lipinski definition) is 2. The minimum atomic E-state index is -0.882. The fourth-order valence-electron chi connectivity index (χ4n) is 3.15. The van der Waals surface area contributed by atoms with Gasteiger partial charge in [-0.15, -0.1) is 0 Å². The van der Waals surface area contributed by atoms with E-state index < -0.39 is 17.8 Å². The lowest BCUT2D eigenvalue weighted by atomic mass is 10.1. The fraction of sp³-hybridized carbons (Fsp3) is 0.0455. The van der Waals surface area contributed by atoms with Gasteiger partial charge in [0.05, 0.1) is 17.7 Å². The lowest BCUT2D eigenvalue weighted by Gasteiger charge is -2.27. The molecule has 154 valence electrons. The van der Waals surface area contributed by atoms with Crippen molar-refractivity contribution in [1.29, 1.82) is 0 Å². The van der Waals surface area contributed by atoms with Gasteiger partial charge in [-0.25, -0.2) is 9.80 Å². The number of anilines is 1. The largest absolute Gasteiger partial charge is 0.331 e. The van der Waals surface area contributed by atoms with Gasteiger partial charge in [-0.2, -0.15) is 0 Å². The van der Waals surface area contributed by atoms with E-state index in [2.05, 4.69) is 15.7 Å². The molecular formula is C22H17N5O4. The molecule has 2 heterocycles. The predicted octanol–water partition coefficient (Wildman–Crippen LogP) is 2.18. The molecule has 2 N–H and O–H groups in total. The molecular weight excluding hydrogens is 398 g/mol. The molecule has 9 heteroatoms. The molecule has 9 nitrogen and oxygen atoms in total. The number of aromatic nitrogens is 1. The lowest BCUT2D eigenvalue weighted by molar-refractivity contribution is -0.130. The predicted molar refractivity (Wildman–Crippen MR) is 112 cm³/mol. The molecule has 2 aromatic carbocycles. The highest BCUT2D eigenvalue weighted by molar-refractivity contribution is 6.28. The van der Waals surface area contributed by atoms with Crippen LogP contribution in [0.15, 0.2) is 78.6 Å². The molecule has 0 aliphatic carbocycles. The topological polar surface area (TPSA) is 112 Å². The second-order valence-electron chi connectivity index (χ2n) is 6.68. The zero-order chi connectivity index (χ0) is 21.8. The molecule has 5 amide bonds. The Balaban J connectivity index is 1.61. The second-order valence-corrected chi connectivity index (χ2v) is 6.68. The van der Waals surface area contributed by atoms with Crippen molar-refractivity contribution in [3.63, 3.8) is 0 Å². The lowest BCUT2D eigenvalue weighted by Crippen LogP contribution is -2.54. The van der Waals surface area contributed by atoms with Crippen molar-refractivity contribution in [3.8, 4) is 0 Å². The summed E-state index contributed by atoms with van der Waals surface area (Å²) in [5, 5.41) is 3.83. The zero-order valence-electron chi connectivity index (χ0n) is 16.2. The van der Waals surface area contributed by atoms with Crippen molar-refractivity contribution < 1.29 is 19.2 Å². The van der Waals surface area contributed by atoms with Crippen molar-refractivity contribution in [2.24, 2.45) is 0 Å². The number of benzene rings is 2. The van der Waals surface area contributed by atoms with Crippen LogP contribution in [0.1, 0.15) is 5.56 Å². The minimum Gasteiger partial charge on any atom is -0.291 e. The summed E-state index contributed by atoms with van der Waals surface area (Å²) >= 11 is 0. The van der Waals surface area contributed by atoms with E-state index >= 15 is 0 Å². The Labute approximate surface area is 176 Å². The molecule has 0 saturated carbocycles. The number of pyridine rings is 1. The normalized spacial score (nSPS) is 15.2. The first kappa shape index (κ1) is 19.8. The summed E-state index contributed by atoms with van der Waals surface area (Å²) in [6.07, 6.45) is 3.05. The van der Waals surface area contributed by atoms with Crippen molar-refractivity contribution >= 4 is 40.8 Å². The summed E-state index contributed by atoms with van der Waals surface area (Å²) in [7, 11) is 0. The average Bonchev–Trinajstić information content (AvgIpc) is 2.79. The summed E-state index contributed by atoms with van der Waals surface area (Å²) in [5.41, 5.74) is 4.47. The molecule has 1 aliphatic rings. The van der Waals surface area contributed by atoms with Crippen LogP contribution < -0.4 is 10.7 Å². The van der Waals surface area contributed by atoms with E-state index in [0.717, 1.165) is 21.5 Å². The number of carbonyl (C=O) groups is 4. The van der Waals surface area contributed by atoms with Crippen molar-refractivity contribution in [2.45, 2.75) is 6.54 Å². The van der Waals surface area contributed by atoms with Gasteiger partial charge in [0.1, 0.15) is 5.57 Å². The Morgan fingerprint density at radius 2 is 1.74 bits per heavy atom. The SMILES string of the molecule is O=CN(C=C1C(=O)NC(=O)N(Cc2ccccc2)C1=O)Nc1ccnc2ccccc12. The number of nitrogens with zero attached hydrogens (tertiary/aromatic N) is 3. The number of imide groups is 2. The second kappa shape index (κ2) is 8.46. The molecule has 0 spiro atoms. The average molecular weight is 415 g/mol. The Morgan fingerprint density at radius 1 is 1.00 bits per heavy atom. The fourth-order valence-corrected chi connectivity index (χ4v) is 3.15. The monoisotopic (exact) mass is 415 g/mol. The first-order chi connectivity index (χ1) is 15.1. The minimum absolute atomic E-state index is 0.0142. The van der Waals surface area contributed by atoms with E-state index in [0.29, 0.717) is 23.2 Å². The number of para-hydroxylation sites is 1. The molecule has 0 radical (unpaired) electrons. The zero-order valence-corrected chi connectivity index (χ0v) is 16.2. The molecule has 1 aliphatic heterocycles. The molecule has 0 atom stereocenters. The molecule has 31 heavy (non-hydrogen) atoms. The highest BCUT2D eigenvalue weighted by atomic mass is 16.2. The van der Waals surface area contributed by atoms with E-state index in [1.165, 1.54) is 0 Å². The standard InChI is InChI=1S/C22H17N5O4/c28-14-26(25-19-10-11-23-18-9-5-4-8-16(18)19)13-17-20(29)24-22(31)27(21(17)30)12-15-6-2-1-3-7-15/h1-11,13-14H,12H2,(H,23,25)(H,24,29,31). The van der Waals surface area contributed by atoms with Crippen LogP contribution >= 0.6 is 0 Å². The Hall–Kier alpha value is -4.53. The third-order valence-corrected chi connectivity index (χ3v) is 4.65. The maximum atomic E-state index is 12.9. The molecule has 1 fully saturated rings.